The summed E-state index contributed by atoms with van der Waals surface area (Å²) in [6, 6.07) is 3.27. The van der Waals surface area contributed by atoms with Gasteiger partial charge in [0.05, 0.1) is 27.3 Å². The summed E-state index contributed by atoms with van der Waals surface area (Å²) in [6.45, 7) is 3.30. The number of hydrogen-bond donors (Lipinski definition) is 0. The second-order valence-corrected chi connectivity index (χ2v) is 6.28. The molecule has 1 aromatic carbocycles. The van der Waals surface area contributed by atoms with Crippen molar-refractivity contribution in [1.29, 1.82) is 0 Å². The monoisotopic (exact) mass is 332 g/mol. The first-order valence-corrected chi connectivity index (χ1v) is 8.41. The van der Waals surface area contributed by atoms with Gasteiger partial charge >= 0.3 is 0 Å². The minimum absolute atomic E-state index is 0.00576. The molecule has 0 aliphatic carbocycles. The van der Waals surface area contributed by atoms with Gasteiger partial charge in [0.15, 0.2) is 0 Å². The summed E-state index contributed by atoms with van der Waals surface area (Å²) < 4.78 is 10.9. The number of carbonyl (C=O) groups excluding carboxylic acids is 2. The number of benzene rings is 1. The maximum atomic E-state index is 12.8. The minimum Gasteiger partial charge on any atom is -0.496 e. The van der Waals surface area contributed by atoms with Crippen LogP contribution < -0.4 is 9.47 Å². The molecule has 0 radical (unpaired) electrons. The number of methoxy groups -OCH3 is 2. The Morgan fingerprint density at radius 1 is 1.08 bits per heavy atom. The standard InChI is InChI=1S/C18H24N2O4/c1-4-5-8-19-11-17(21)20-10-13-12(9-14(20)18(19)22)15(23-2)6-7-16(13)24-3/h6-7,14H,4-5,8-11H2,1-3H3. The third-order valence-electron chi connectivity index (χ3n) is 4.91. The molecule has 1 aromatic rings. The minimum atomic E-state index is -0.434. The van der Waals surface area contributed by atoms with Crippen molar-refractivity contribution < 1.29 is 19.1 Å². The largest absolute Gasteiger partial charge is 0.496 e. The average molecular weight is 332 g/mol. The highest BCUT2D eigenvalue weighted by atomic mass is 16.5. The number of hydrogen-bond acceptors (Lipinski definition) is 4. The summed E-state index contributed by atoms with van der Waals surface area (Å²) in [4.78, 5) is 28.8. The van der Waals surface area contributed by atoms with Gasteiger partial charge < -0.3 is 19.3 Å². The van der Waals surface area contributed by atoms with Crippen LogP contribution in [0.15, 0.2) is 12.1 Å². The van der Waals surface area contributed by atoms with Crippen LogP contribution in [0.3, 0.4) is 0 Å². The summed E-state index contributed by atoms with van der Waals surface area (Å²) in [5, 5.41) is 0. The molecule has 3 rings (SSSR count). The van der Waals surface area contributed by atoms with Crippen LogP contribution in [0.2, 0.25) is 0 Å². The molecule has 2 heterocycles. The number of carbonyl (C=O) groups is 2. The third kappa shape index (κ3) is 2.70. The quantitative estimate of drug-likeness (QED) is 0.822. The lowest BCUT2D eigenvalue weighted by atomic mass is 9.90. The Bertz CT molecular complexity index is 659. The zero-order valence-corrected chi connectivity index (χ0v) is 14.5. The van der Waals surface area contributed by atoms with Crippen molar-refractivity contribution in [3.05, 3.63) is 23.3 Å². The zero-order chi connectivity index (χ0) is 17.3. The Morgan fingerprint density at radius 2 is 1.75 bits per heavy atom. The zero-order valence-electron chi connectivity index (χ0n) is 14.5. The summed E-state index contributed by atoms with van der Waals surface area (Å²) in [5.41, 5.74) is 1.91. The van der Waals surface area contributed by atoms with E-state index in [0.29, 0.717) is 19.5 Å². The first-order chi connectivity index (χ1) is 11.6. The van der Waals surface area contributed by atoms with Crippen LogP contribution >= 0.6 is 0 Å². The lowest BCUT2D eigenvalue weighted by Crippen LogP contribution is -2.61. The predicted molar refractivity (Wildman–Crippen MR) is 89.1 cm³/mol. The SMILES string of the molecule is CCCCN1CC(=O)N2Cc3c(OC)ccc(OC)c3CC2C1=O. The Balaban J connectivity index is 1.95. The van der Waals surface area contributed by atoms with Gasteiger partial charge in [0.1, 0.15) is 17.5 Å². The Hall–Kier alpha value is -2.24. The molecular weight excluding hydrogens is 308 g/mol. The molecule has 1 unspecified atom stereocenters. The highest BCUT2D eigenvalue weighted by Crippen LogP contribution is 2.38. The fraction of sp³-hybridized carbons (Fsp3) is 0.556. The summed E-state index contributed by atoms with van der Waals surface area (Å²) >= 11 is 0. The number of nitrogens with zero attached hydrogens (tertiary/aromatic N) is 2. The number of piperazine rings is 1. The van der Waals surface area contributed by atoms with Gasteiger partial charge in [0.25, 0.3) is 0 Å². The molecule has 6 heteroatoms. The number of rotatable bonds is 5. The number of amides is 2. The van der Waals surface area contributed by atoms with E-state index in [1.807, 2.05) is 12.1 Å². The first kappa shape index (κ1) is 16.6. The van der Waals surface area contributed by atoms with Gasteiger partial charge in [-0.05, 0) is 18.6 Å². The smallest absolute Gasteiger partial charge is 0.246 e. The Morgan fingerprint density at radius 3 is 2.38 bits per heavy atom. The molecule has 130 valence electrons. The van der Waals surface area contributed by atoms with Crippen LogP contribution in [-0.4, -0.2) is 55.0 Å². The van der Waals surface area contributed by atoms with Crippen LogP contribution in [0.4, 0.5) is 0 Å². The van der Waals surface area contributed by atoms with Crippen LogP contribution in [0.25, 0.3) is 0 Å². The first-order valence-electron chi connectivity index (χ1n) is 8.41. The molecule has 2 aliphatic rings. The second kappa shape index (κ2) is 6.71. The Kier molecular flexibility index (Phi) is 4.64. The summed E-state index contributed by atoms with van der Waals surface area (Å²) in [6.07, 6.45) is 2.39. The van der Waals surface area contributed by atoms with E-state index in [-0.39, 0.29) is 18.4 Å². The molecule has 1 fully saturated rings. The van der Waals surface area contributed by atoms with Gasteiger partial charge in [0.2, 0.25) is 11.8 Å². The average Bonchev–Trinajstić information content (AvgIpc) is 2.61. The van der Waals surface area contributed by atoms with E-state index < -0.39 is 6.04 Å². The second-order valence-electron chi connectivity index (χ2n) is 6.28. The number of fused-ring (bicyclic) bond motifs is 2. The van der Waals surface area contributed by atoms with Gasteiger partial charge in [-0.1, -0.05) is 13.3 Å². The molecule has 0 aromatic heterocycles. The molecule has 0 bridgehead atoms. The van der Waals surface area contributed by atoms with E-state index in [9.17, 15) is 9.59 Å². The fourth-order valence-corrected chi connectivity index (χ4v) is 3.58. The molecule has 0 spiro atoms. The number of unbranched alkanes of at least 4 members (excludes halogenated alkanes) is 1. The summed E-state index contributed by atoms with van der Waals surface area (Å²) in [5.74, 6) is 1.53. The van der Waals surface area contributed by atoms with Crippen molar-refractivity contribution in [3.8, 4) is 11.5 Å². The van der Waals surface area contributed by atoms with Crippen LogP contribution in [-0.2, 0) is 22.6 Å². The summed E-state index contributed by atoms with van der Waals surface area (Å²) in [7, 11) is 3.24. The van der Waals surface area contributed by atoms with E-state index in [1.54, 1.807) is 24.0 Å². The van der Waals surface area contributed by atoms with Crippen molar-refractivity contribution in [2.75, 3.05) is 27.3 Å². The normalized spacial score (nSPS) is 19.9. The van der Waals surface area contributed by atoms with Gasteiger partial charge in [-0.3, -0.25) is 9.59 Å². The van der Waals surface area contributed by atoms with E-state index in [0.717, 1.165) is 35.5 Å². The highest BCUT2D eigenvalue weighted by Gasteiger charge is 2.43. The molecule has 0 saturated carbocycles. The molecule has 0 N–H and O–H groups in total. The van der Waals surface area contributed by atoms with Crippen LogP contribution in [0.1, 0.15) is 30.9 Å². The molecular formula is C18H24N2O4. The molecule has 1 atom stereocenters. The van der Waals surface area contributed by atoms with Crippen LogP contribution in [0, 0.1) is 0 Å². The van der Waals surface area contributed by atoms with Crippen molar-refractivity contribution in [2.24, 2.45) is 0 Å². The molecule has 6 nitrogen and oxygen atoms in total. The van der Waals surface area contributed by atoms with E-state index in [2.05, 4.69) is 6.92 Å². The highest BCUT2D eigenvalue weighted by molar-refractivity contribution is 5.95. The predicted octanol–water partition coefficient (Wildman–Crippen LogP) is 1.60. The van der Waals surface area contributed by atoms with Crippen LogP contribution in [0.5, 0.6) is 11.5 Å². The van der Waals surface area contributed by atoms with Gasteiger partial charge in [-0.15, -0.1) is 0 Å². The van der Waals surface area contributed by atoms with Gasteiger partial charge in [0, 0.05) is 24.1 Å². The lowest BCUT2D eigenvalue weighted by molar-refractivity contribution is -0.157. The molecule has 24 heavy (non-hydrogen) atoms. The molecule has 2 amide bonds. The lowest BCUT2D eigenvalue weighted by Gasteiger charge is -2.43. The topological polar surface area (TPSA) is 59.1 Å². The maximum absolute atomic E-state index is 12.8. The van der Waals surface area contributed by atoms with E-state index >= 15 is 0 Å². The fourth-order valence-electron chi connectivity index (χ4n) is 3.58. The maximum Gasteiger partial charge on any atom is 0.246 e. The Labute approximate surface area is 142 Å². The van der Waals surface area contributed by atoms with Gasteiger partial charge in [-0.25, -0.2) is 0 Å². The molecule has 1 saturated heterocycles. The van der Waals surface area contributed by atoms with E-state index in [4.69, 9.17) is 9.47 Å². The third-order valence-corrected chi connectivity index (χ3v) is 4.91. The van der Waals surface area contributed by atoms with Crippen molar-refractivity contribution in [1.82, 2.24) is 9.80 Å². The van der Waals surface area contributed by atoms with E-state index in [1.165, 1.54) is 0 Å². The van der Waals surface area contributed by atoms with Crippen molar-refractivity contribution in [2.45, 2.75) is 38.8 Å². The molecule has 2 aliphatic heterocycles. The van der Waals surface area contributed by atoms with Gasteiger partial charge in [-0.2, -0.15) is 0 Å². The number of ether oxygens (including phenoxy) is 2. The van der Waals surface area contributed by atoms with Crippen molar-refractivity contribution >= 4 is 11.8 Å². The van der Waals surface area contributed by atoms with Crippen molar-refractivity contribution in [3.63, 3.8) is 0 Å².